The zero-order valence-corrected chi connectivity index (χ0v) is 23.0. The van der Waals surface area contributed by atoms with Crippen LogP contribution in [0.25, 0.3) is 16.7 Å². The number of hydrogen-bond acceptors (Lipinski definition) is 10. The van der Waals surface area contributed by atoms with E-state index in [0.717, 1.165) is 12.8 Å². The molecule has 41 heavy (non-hydrogen) atoms. The topological polar surface area (TPSA) is 142 Å². The number of benzene rings is 2. The van der Waals surface area contributed by atoms with Crippen molar-refractivity contribution in [3.63, 3.8) is 0 Å². The Morgan fingerprint density at radius 3 is 2.85 bits per heavy atom. The average molecular weight is 574 g/mol. The highest BCUT2D eigenvalue weighted by molar-refractivity contribution is 7.10. The lowest BCUT2D eigenvalue weighted by molar-refractivity contribution is -0.127. The van der Waals surface area contributed by atoms with E-state index in [2.05, 4.69) is 31.2 Å². The summed E-state index contributed by atoms with van der Waals surface area (Å²) in [5.74, 6) is -0.254. The third-order valence-corrected chi connectivity index (χ3v) is 7.78. The summed E-state index contributed by atoms with van der Waals surface area (Å²) >= 11 is 1.40. The summed E-state index contributed by atoms with van der Waals surface area (Å²) in [6.45, 7) is 0.898. The average Bonchev–Trinajstić information content (AvgIpc) is 3.83. The Morgan fingerprint density at radius 2 is 2.10 bits per heavy atom. The van der Waals surface area contributed by atoms with E-state index >= 15 is 0 Å². The first-order chi connectivity index (χ1) is 20.1. The van der Waals surface area contributed by atoms with Crippen molar-refractivity contribution in [3.05, 3.63) is 71.2 Å². The molecule has 2 amide bonds. The minimum atomic E-state index is -0.956. The van der Waals surface area contributed by atoms with Crippen LogP contribution < -0.4 is 15.0 Å². The van der Waals surface area contributed by atoms with E-state index < -0.39 is 6.04 Å². The summed E-state index contributed by atoms with van der Waals surface area (Å²) in [7, 11) is 1.52. The highest BCUT2D eigenvalue weighted by Gasteiger charge is 2.35. The quantitative estimate of drug-likeness (QED) is 0.267. The molecule has 1 N–H and O–H groups in total. The maximum Gasteiger partial charge on any atom is 0.249 e. The predicted octanol–water partition coefficient (Wildman–Crippen LogP) is 2.55. The minimum Gasteiger partial charge on any atom is -0.494 e. The van der Waals surface area contributed by atoms with Gasteiger partial charge in [-0.1, -0.05) is 23.4 Å². The van der Waals surface area contributed by atoms with Crippen LogP contribution >= 0.6 is 11.3 Å². The van der Waals surface area contributed by atoms with Gasteiger partial charge in [0.15, 0.2) is 0 Å². The summed E-state index contributed by atoms with van der Waals surface area (Å²) in [4.78, 5) is 30.3. The van der Waals surface area contributed by atoms with Gasteiger partial charge in [0.2, 0.25) is 11.8 Å². The van der Waals surface area contributed by atoms with Crippen LogP contribution in [0.2, 0.25) is 0 Å². The standard InChI is InChI=1S/C27H27N9O4S/c1-39-23-14-18(10-11-22(23)35-17-29-31-33-35)36(25(37)16-34-21-8-3-2-7-20(21)30-32-34)26(24-9-5-13-41-24)27(38)28-15-19-6-4-12-40-19/h2-3,5,7-11,13-14,17,19,26H,4,6,12,15-16H2,1H3,(H,28,38). The maximum absolute atomic E-state index is 14.2. The van der Waals surface area contributed by atoms with Crippen LogP contribution in [0.1, 0.15) is 23.8 Å². The molecule has 13 nitrogen and oxygen atoms in total. The van der Waals surface area contributed by atoms with Gasteiger partial charge in [0, 0.05) is 29.8 Å². The van der Waals surface area contributed by atoms with Gasteiger partial charge < -0.3 is 14.8 Å². The number of hydrogen-bond donors (Lipinski definition) is 1. The molecular weight excluding hydrogens is 546 g/mol. The highest BCUT2D eigenvalue weighted by atomic mass is 32.1. The number of ether oxygens (including phenoxy) is 2. The van der Waals surface area contributed by atoms with Crippen LogP contribution in [-0.2, 0) is 20.9 Å². The number of para-hydroxylation sites is 1. The number of nitrogens with one attached hydrogen (secondary N) is 1. The first-order valence-electron chi connectivity index (χ1n) is 13.1. The van der Waals surface area contributed by atoms with Gasteiger partial charge in [0.1, 0.15) is 35.9 Å². The third-order valence-electron chi connectivity index (χ3n) is 6.86. The van der Waals surface area contributed by atoms with Crippen LogP contribution in [0, 0.1) is 0 Å². The third kappa shape index (κ3) is 5.51. The van der Waals surface area contributed by atoms with Gasteiger partial charge in [-0.3, -0.25) is 14.5 Å². The summed E-state index contributed by atoms with van der Waals surface area (Å²) in [6, 6.07) is 15.3. The summed E-state index contributed by atoms with van der Waals surface area (Å²) in [6.07, 6.45) is 3.23. The van der Waals surface area contributed by atoms with Crippen molar-refractivity contribution in [1.82, 2.24) is 40.5 Å². The number of amides is 2. The predicted molar refractivity (Wildman–Crippen MR) is 150 cm³/mol. The van der Waals surface area contributed by atoms with Crippen molar-refractivity contribution >= 4 is 39.9 Å². The molecule has 2 aromatic carbocycles. The first-order valence-corrected chi connectivity index (χ1v) is 13.9. The first kappa shape index (κ1) is 26.5. The molecule has 0 aliphatic carbocycles. The number of anilines is 1. The van der Waals surface area contributed by atoms with Crippen LogP contribution in [0.3, 0.4) is 0 Å². The Balaban J connectivity index is 1.40. The van der Waals surface area contributed by atoms with Crippen molar-refractivity contribution in [3.8, 4) is 11.4 Å². The molecule has 3 aromatic heterocycles. The number of tetrazole rings is 1. The molecule has 1 saturated heterocycles. The smallest absolute Gasteiger partial charge is 0.249 e. The lowest BCUT2D eigenvalue weighted by Crippen LogP contribution is -2.46. The molecule has 5 aromatic rings. The van der Waals surface area contributed by atoms with Crippen LogP contribution in [-0.4, -0.2) is 73.4 Å². The number of nitrogens with zero attached hydrogens (tertiary/aromatic N) is 8. The van der Waals surface area contributed by atoms with Gasteiger partial charge in [0.25, 0.3) is 0 Å². The Kier molecular flexibility index (Phi) is 7.65. The highest BCUT2D eigenvalue weighted by Crippen LogP contribution is 2.35. The number of fused-ring (bicyclic) bond motifs is 1. The Hall–Kier alpha value is -4.69. The number of methoxy groups -OCH3 is 1. The lowest BCUT2D eigenvalue weighted by atomic mass is 10.1. The minimum absolute atomic E-state index is 0.0516. The van der Waals surface area contributed by atoms with Gasteiger partial charge in [-0.05, 0) is 59.0 Å². The largest absolute Gasteiger partial charge is 0.494 e. The maximum atomic E-state index is 14.2. The fourth-order valence-corrected chi connectivity index (χ4v) is 5.70. The van der Waals surface area contributed by atoms with Crippen molar-refractivity contribution in [2.45, 2.75) is 31.5 Å². The molecule has 210 valence electrons. The summed E-state index contributed by atoms with van der Waals surface area (Å²) in [5, 5.41) is 24.6. The van der Waals surface area contributed by atoms with E-state index in [9.17, 15) is 9.59 Å². The molecule has 4 heterocycles. The van der Waals surface area contributed by atoms with Crippen molar-refractivity contribution < 1.29 is 19.1 Å². The summed E-state index contributed by atoms with van der Waals surface area (Å²) in [5.41, 5.74) is 2.41. The number of aromatic nitrogens is 7. The van der Waals surface area contributed by atoms with Crippen molar-refractivity contribution in [2.24, 2.45) is 0 Å². The van der Waals surface area contributed by atoms with E-state index in [4.69, 9.17) is 9.47 Å². The zero-order valence-electron chi connectivity index (χ0n) is 22.2. The van der Waals surface area contributed by atoms with E-state index in [1.54, 1.807) is 18.2 Å². The van der Waals surface area contributed by atoms with Crippen molar-refractivity contribution in [2.75, 3.05) is 25.2 Å². The van der Waals surface area contributed by atoms with Gasteiger partial charge in [0.05, 0.1) is 18.7 Å². The monoisotopic (exact) mass is 573 g/mol. The molecular formula is C27H27N9O4S. The van der Waals surface area contributed by atoms with E-state index in [-0.39, 0.29) is 24.5 Å². The molecule has 1 fully saturated rings. The second-order valence-corrected chi connectivity index (χ2v) is 10.4. The van der Waals surface area contributed by atoms with Gasteiger partial charge >= 0.3 is 0 Å². The van der Waals surface area contributed by atoms with E-state index in [1.807, 2.05) is 41.8 Å². The van der Waals surface area contributed by atoms with Gasteiger partial charge in [-0.15, -0.1) is 21.5 Å². The second-order valence-electron chi connectivity index (χ2n) is 9.41. The zero-order chi connectivity index (χ0) is 28.2. The molecule has 2 unspecified atom stereocenters. The molecule has 0 bridgehead atoms. The molecule has 14 heteroatoms. The molecule has 1 aliphatic rings. The van der Waals surface area contributed by atoms with Gasteiger partial charge in [-0.2, -0.15) is 4.68 Å². The molecule has 0 saturated carbocycles. The Labute approximate surface area is 238 Å². The van der Waals surface area contributed by atoms with E-state index in [0.29, 0.717) is 46.2 Å². The molecule has 2 atom stereocenters. The van der Waals surface area contributed by atoms with E-state index in [1.165, 1.54) is 39.0 Å². The molecule has 6 rings (SSSR count). The molecule has 1 aliphatic heterocycles. The van der Waals surface area contributed by atoms with Crippen molar-refractivity contribution in [1.29, 1.82) is 0 Å². The fraction of sp³-hybridized carbons (Fsp3) is 0.296. The lowest BCUT2D eigenvalue weighted by Gasteiger charge is -2.31. The SMILES string of the molecule is COc1cc(N(C(=O)Cn2nnc3ccccc32)C(C(=O)NCC2CCCO2)c2cccs2)ccc1-n1cnnn1. The van der Waals surface area contributed by atoms with Gasteiger partial charge in [-0.25, -0.2) is 4.68 Å². The summed E-state index contributed by atoms with van der Waals surface area (Å²) < 4.78 is 14.4. The number of thiophene rings is 1. The molecule has 0 radical (unpaired) electrons. The number of carbonyl (C=O) groups is 2. The Morgan fingerprint density at radius 1 is 1.20 bits per heavy atom. The molecule has 0 spiro atoms. The van der Waals surface area contributed by atoms with Crippen LogP contribution in [0.15, 0.2) is 66.3 Å². The number of carbonyl (C=O) groups excluding carboxylic acids is 2. The normalized spacial score (nSPS) is 15.6. The van der Waals surface area contributed by atoms with Crippen LogP contribution in [0.4, 0.5) is 5.69 Å². The Bertz CT molecular complexity index is 1630. The fourth-order valence-electron chi connectivity index (χ4n) is 4.89. The second kappa shape index (κ2) is 11.8. The number of rotatable bonds is 10. The van der Waals surface area contributed by atoms with Crippen LogP contribution in [0.5, 0.6) is 5.75 Å².